The Morgan fingerprint density at radius 2 is 1.61 bits per heavy atom. The van der Waals surface area contributed by atoms with Crippen molar-refractivity contribution in [1.29, 1.82) is 0 Å². The number of nitrogens with one attached hydrogen (secondary N) is 1. The Morgan fingerprint density at radius 1 is 0.932 bits per heavy atom. The molecule has 0 saturated heterocycles. The maximum Gasteiger partial charge on any atom is 0.471 e. The van der Waals surface area contributed by atoms with Crippen molar-refractivity contribution < 1.29 is 58.6 Å². The first-order chi connectivity index (χ1) is 20.6. The van der Waals surface area contributed by atoms with Gasteiger partial charge in [-0.15, -0.1) is 0 Å². The number of aromatic nitrogens is 1. The third-order valence-corrected chi connectivity index (χ3v) is 6.52. The van der Waals surface area contributed by atoms with Gasteiger partial charge in [0.25, 0.3) is 0 Å². The van der Waals surface area contributed by atoms with Crippen LogP contribution >= 0.6 is 0 Å². The number of halogens is 9. The number of anilines is 1. The molecule has 1 aliphatic carbocycles. The van der Waals surface area contributed by atoms with E-state index in [0.717, 1.165) is 12.1 Å². The second-order valence-electron chi connectivity index (χ2n) is 9.47. The molecule has 2 aromatic carbocycles. The maximum atomic E-state index is 14.2. The standard InChI is InChI=1S/C29H21F9N2O4/c1-2-43-26(41)15-8-14(9-17(10-15)40-27(42)29(36,37)38)18-4-3-5-19(18)20-11-16(28(33,34)35)12-39-25(20)44-13-21-22(30)6-7-23(31)24(21)32/h6-12H,2-5,13H2,1H3,(H,40,42). The second-order valence-corrected chi connectivity index (χ2v) is 9.47. The van der Waals surface area contributed by atoms with E-state index < -0.39 is 71.0 Å². The summed E-state index contributed by atoms with van der Waals surface area (Å²) in [6.45, 7) is 0.440. The SMILES string of the molecule is CCOC(=O)c1cc(NC(=O)C(F)(F)F)cc(C2=C(c3cc(C(F)(F)F)cnc3OCc3c(F)ccc(F)c3F)CCC2)c1. The third kappa shape index (κ3) is 7.14. The van der Waals surface area contributed by atoms with E-state index in [0.29, 0.717) is 30.8 Å². The van der Waals surface area contributed by atoms with E-state index in [4.69, 9.17) is 9.47 Å². The molecule has 6 nitrogen and oxygen atoms in total. The van der Waals surface area contributed by atoms with E-state index in [1.54, 1.807) is 5.32 Å². The lowest BCUT2D eigenvalue weighted by Crippen LogP contribution is -2.30. The molecule has 0 bridgehead atoms. The molecule has 0 radical (unpaired) electrons. The van der Waals surface area contributed by atoms with Crippen molar-refractivity contribution in [3.8, 4) is 5.88 Å². The minimum Gasteiger partial charge on any atom is -0.472 e. The molecule has 0 aliphatic heterocycles. The molecule has 3 aromatic rings. The van der Waals surface area contributed by atoms with Crippen LogP contribution < -0.4 is 10.1 Å². The van der Waals surface area contributed by atoms with Gasteiger partial charge in [-0.1, -0.05) is 0 Å². The third-order valence-electron chi connectivity index (χ3n) is 6.52. The number of pyridine rings is 1. The van der Waals surface area contributed by atoms with Crippen LogP contribution in [-0.4, -0.2) is 29.6 Å². The highest BCUT2D eigenvalue weighted by atomic mass is 19.4. The van der Waals surface area contributed by atoms with Gasteiger partial charge in [0.05, 0.1) is 23.3 Å². The van der Waals surface area contributed by atoms with Crippen LogP contribution in [0.5, 0.6) is 5.88 Å². The number of carbonyl (C=O) groups excluding carboxylic acids is 2. The number of alkyl halides is 6. The fourth-order valence-corrected chi connectivity index (χ4v) is 4.55. The van der Waals surface area contributed by atoms with E-state index >= 15 is 0 Å². The van der Waals surface area contributed by atoms with Crippen LogP contribution in [0.2, 0.25) is 0 Å². The monoisotopic (exact) mass is 632 g/mol. The highest BCUT2D eigenvalue weighted by Crippen LogP contribution is 2.45. The zero-order valence-corrected chi connectivity index (χ0v) is 22.6. The predicted octanol–water partition coefficient (Wildman–Crippen LogP) is 7.87. The smallest absolute Gasteiger partial charge is 0.471 e. The molecule has 1 aromatic heterocycles. The summed E-state index contributed by atoms with van der Waals surface area (Å²) in [6.07, 6.45) is -9.12. The summed E-state index contributed by atoms with van der Waals surface area (Å²) in [6, 6.07) is 5.15. The summed E-state index contributed by atoms with van der Waals surface area (Å²) in [5, 5.41) is 1.65. The van der Waals surface area contributed by atoms with Crippen molar-refractivity contribution in [3.63, 3.8) is 0 Å². The number of esters is 1. The Kier molecular flexibility index (Phi) is 9.25. The molecule has 1 heterocycles. The molecule has 234 valence electrons. The summed E-state index contributed by atoms with van der Waals surface area (Å²) in [5.41, 5.74) is -2.48. The lowest BCUT2D eigenvalue weighted by atomic mass is 9.95. The van der Waals surface area contributed by atoms with Gasteiger partial charge >= 0.3 is 24.2 Å². The summed E-state index contributed by atoms with van der Waals surface area (Å²) < 4.78 is 132. The van der Waals surface area contributed by atoms with Crippen molar-refractivity contribution in [3.05, 3.63) is 87.9 Å². The van der Waals surface area contributed by atoms with Gasteiger partial charge in [-0.25, -0.2) is 22.9 Å². The van der Waals surface area contributed by atoms with Gasteiger partial charge in [0.1, 0.15) is 12.4 Å². The Morgan fingerprint density at radius 3 is 2.27 bits per heavy atom. The molecular formula is C29H21F9N2O4. The van der Waals surface area contributed by atoms with Crippen LogP contribution in [0, 0.1) is 17.5 Å². The number of ether oxygens (including phenoxy) is 2. The first kappa shape index (κ1) is 32.4. The van der Waals surface area contributed by atoms with Crippen molar-refractivity contribution in [1.82, 2.24) is 4.98 Å². The predicted molar refractivity (Wildman–Crippen MR) is 138 cm³/mol. The quantitative estimate of drug-likeness (QED) is 0.155. The minimum absolute atomic E-state index is 0.0751. The van der Waals surface area contributed by atoms with Crippen molar-refractivity contribution in [2.45, 2.75) is 45.1 Å². The number of hydrogen-bond donors (Lipinski definition) is 1. The van der Waals surface area contributed by atoms with Gasteiger partial charge < -0.3 is 14.8 Å². The zero-order valence-electron chi connectivity index (χ0n) is 22.6. The number of amides is 1. The molecule has 0 spiro atoms. The van der Waals surface area contributed by atoms with E-state index in [1.165, 1.54) is 13.0 Å². The highest BCUT2D eigenvalue weighted by Gasteiger charge is 2.39. The average molecular weight is 632 g/mol. The number of allylic oxidation sites excluding steroid dienone is 2. The van der Waals surface area contributed by atoms with Gasteiger partial charge in [-0.3, -0.25) is 4.79 Å². The lowest BCUT2D eigenvalue weighted by Gasteiger charge is -2.17. The van der Waals surface area contributed by atoms with Crippen molar-refractivity contribution >= 4 is 28.7 Å². The van der Waals surface area contributed by atoms with Crippen molar-refractivity contribution in [2.24, 2.45) is 0 Å². The van der Waals surface area contributed by atoms with Gasteiger partial charge in [0.15, 0.2) is 11.6 Å². The zero-order chi connectivity index (χ0) is 32.4. The highest BCUT2D eigenvalue weighted by molar-refractivity contribution is 6.00. The Hall–Kier alpha value is -4.56. The average Bonchev–Trinajstić information content (AvgIpc) is 3.44. The summed E-state index contributed by atoms with van der Waals surface area (Å²) in [7, 11) is 0. The van der Waals surface area contributed by atoms with Crippen LogP contribution in [-0.2, 0) is 22.3 Å². The Balaban J connectivity index is 1.85. The normalized spacial score (nSPS) is 13.7. The van der Waals surface area contributed by atoms with Gasteiger partial charge in [0, 0.05) is 17.4 Å². The summed E-state index contributed by atoms with van der Waals surface area (Å²) in [4.78, 5) is 27.8. The molecule has 0 atom stereocenters. The van der Waals surface area contributed by atoms with Gasteiger partial charge in [-0.2, -0.15) is 26.3 Å². The number of rotatable bonds is 8. The van der Waals surface area contributed by atoms with Gasteiger partial charge in [-0.05, 0) is 79.3 Å². The molecule has 1 aliphatic rings. The largest absolute Gasteiger partial charge is 0.472 e. The number of carbonyl (C=O) groups is 2. The molecular weight excluding hydrogens is 611 g/mol. The molecule has 44 heavy (non-hydrogen) atoms. The minimum atomic E-state index is -5.27. The molecule has 15 heteroatoms. The number of hydrogen-bond acceptors (Lipinski definition) is 5. The Bertz CT molecular complexity index is 1630. The van der Waals surface area contributed by atoms with Gasteiger partial charge in [0.2, 0.25) is 5.88 Å². The number of benzene rings is 2. The fraction of sp³-hybridized carbons (Fsp3) is 0.276. The topological polar surface area (TPSA) is 77.5 Å². The van der Waals surface area contributed by atoms with Crippen molar-refractivity contribution in [2.75, 3.05) is 11.9 Å². The molecule has 1 N–H and O–H groups in total. The van der Waals surface area contributed by atoms with Crippen LogP contribution in [0.3, 0.4) is 0 Å². The molecule has 0 unspecified atom stereocenters. The summed E-state index contributed by atoms with van der Waals surface area (Å²) in [5.74, 6) is -7.91. The van der Waals surface area contributed by atoms with Crippen LogP contribution in [0.1, 0.15) is 58.8 Å². The molecule has 0 saturated carbocycles. The fourth-order valence-electron chi connectivity index (χ4n) is 4.55. The maximum absolute atomic E-state index is 14.2. The second kappa shape index (κ2) is 12.6. The van der Waals surface area contributed by atoms with E-state index in [9.17, 15) is 49.1 Å². The van der Waals surface area contributed by atoms with Crippen LogP contribution in [0.4, 0.5) is 45.2 Å². The number of nitrogens with zero attached hydrogens (tertiary/aromatic N) is 1. The first-order valence-corrected chi connectivity index (χ1v) is 12.9. The van der Waals surface area contributed by atoms with Crippen LogP contribution in [0.25, 0.3) is 11.1 Å². The van der Waals surface area contributed by atoms with E-state index in [1.807, 2.05) is 0 Å². The molecule has 1 amide bonds. The molecule has 4 rings (SSSR count). The molecule has 0 fully saturated rings. The Labute approximate surface area is 243 Å². The van der Waals surface area contributed by atoms with E-state index in [-0.39, 0.29) is 47.3 Å². The lowest BCUT2D eigenvalue weighted by molar-refractivity contribution is -0.167. The first-order valence-electron chi connectivity index (χ1n) is 12.9. The van der Waals surface area contributed by atoms with Crippen LogP contribution in [0.15, 0.2) is 42.6 Å². The van der Waals surface area contributed by atoms with E-state index in [2.05, 4.69) is 4.98 Å². The summed E-state index contributed by atoms with van der Waals surface area (Å²) >= 11 is 0.